The number of para-hydroxylation sites is 1. The summed E-state index contributed by atoms with van der Waals surface area (Å²) in [5.74, 6) is -0.829. The fourth-order valence-corrected chi connectivity index (χ4v) is 2.20. The summed E-state index contributed by atoms with van der Waals surface area (Å²) in [6, 6.07) is 7.79. The molecule has 0 spiro atoms. The number of hydrogen-bond acceptors (Lipinski definition) is 2. The van der Waals surface area contributed by atoms with Crippen molar-refractivity contribution in [2.75, 3.05) is 0 Å². The summed E-state index contributed by atoms with van der Waals surface area (Å²) >= 11 is 0. The van der Waals surface area contributed by atoms with Gasteiger partial charge in [-0.15, -0.1) is 0 Å². The van der Waals surface area contributed by atoms with Crippen molar-refractivity contribution < 1.29 is 15.0 Å². The average Bonchev–Trinajstić information content (AvgIpc) is 2.60. The van der Waals surface area contributed by atoms with Gasteiger partial charge in [-0.05, 0) is 18.6 Å². The Morgan fingerprint density at radius 1 is 1.35 bits per heavy atom. The van der Waals surface area contributed by atoms with E-state index in [-0.39, 0.29) is 13.0 Å². The number of carbonyl (C=O) groups is 1. The zero-order chi connectivity index (χ0) is 12.4. The second-order valence-electron chi connectivity index (χ2n) is 4.04. The van der Waals surface area contributed by atoms with Crippen molar-refractivity contribution in [3.05, 3.63) is 35.5 Å². The summed E-state index contributed by atoms with van der Waals surface area (Å²) in [5.41, 5.74) is 2.80. The quantitative estimate of drug-likeness (QED) is 0.848. The molecule has 0 saturated carbocycles. The molecule has 0 bridgehead atoms. The summed E-state index contributed by atoms with van der Waals surface area (Å²) in [6.07, 6.45) is 0.0606. The second kappa shape index (κ2) is 4.59. The number of carboxylic acids is 1. The molecule has 0 aliphatic carbocycles. The van der Waals surface area contributed by atoms with E-state index >= 15 is 0 Å². The Kier molecular flexibility index (Phi) is 3.15. The number of carboxylic acid groups (broad SMARTS) is 1. The van der Waals surface area contributed by atoms with E-state index in [1.807, 2.05) is 35.8 Å². The predicted molar refractivity (Wildman–Crippen MR) is 64.9 cm³/mol. The highest BCUT2D eigenvalue weighted by molar-refractivity contribution is 5.85. The molecule has 17 heavy (non-hydrogen) atoms. The Balaban J connectivity index is 2.54. The number of aliphatic carboxylic acids is 1. The maximum atomic E-state index is 10.6. The summed E-state index contributed by atoms with van der Waals surface area (Å²) in [5, 5.41) is 19.2. The third kappa shape index (κ3) is 2.03. The lowest BCUT2D eigenvalue weighted by molar-refractivity contribution is -0.137. The summed E-state index contributed by atoms with van der Waals surface area (Å²) in [7, 11) is 0. The zero-order valence-corrected chi connectivity index (χ0v) is 9.68. The van der Waals surface area contributed by atoms with Gasteiger partial charge in [0.1, 0.15) is 0 Å². The molecule has 2 N–H and O–H groups in total. The molecule has 1 aromatic carbocycles. The number of aliphatic hydroxyl groups is 1. The summed E-state index contributed by atoms with van der Waals surface area (Å²) in [6.45, 7) is 2.27. The Morgan fingerprint density at radius 2 is 2.06 bits per heavy atom. The highest BCUT2D eigenvalue weighted by Crippen LogP contribution is 2.25. The van der Waals surface area contributed by atoms with Crippen LogP contribution in [0, 0.1) is 6.92 Å². The van der Waals surface area contributed by atoms with E-state index < -0.39 is 5.97 Å². The standard InChI is InChI=1S/C13H15NO3/c1-9-10-4-2-3-5-11(10)14(12(9)8-15)7-6-13(16)17/h2-5,15H,6-8H2,1H3,(H,16,17). The fraction of sp³-hybridized carbons (Fsp3) is 0.308. The monoisotopic (exact) mass is 233 g/mol. The topological polar surface area (TPSA) is 62.5 Å². The number of nitrogens with zero attached hydrogens (tertiary/aromatic N) is 1. The molecule has 0 aliphatic rings. The maximum Gasteiger partial charge on any atom is 0.305 e. The molecular formula is C13H15NO3. The van der Waals surface area contributed by atoms with Gasteiger partial charge >= 0.3 is 5.97 Å². The van der Waals surface area contributed by atoms with Crippen molar-refractivity contribution in [3.8, 4) is 0 Å². The number of aromatic nitrogens is 1. The van der Waals surface area contributed by atoms with Crippen LogP contribution in [0.1, 0.15) is 17.7 Å². The van der Waals surface area contributed by atoms with Crippen LogP contribution in [0.2, 0.25) is 0 Å². The van der Waals surface area contributed by atoms with Crippen LogP contribution >= 0.6 is 0 Å². The smallest absolute Gasteiger partial charge is 0.305 e. The number of hydrogen-bond donors (Lipinski definition) is 2. The van der Waals surface area contributed by atoms with Gasteiger partial charge in [0.15, 0.2) is 0 Å². The molecule has 1 aromatic heterocycles. The zero-order valence-electron chi connectivity index (χ0n) is 9.68. The highest BCUT2D eigenvalue weighted by Gasteiger charge is 2.13. The van der Waals surface area contributed by atoms with Gasteiger partial charge in [0.25, 0.3) is 0 Å². The molecule has 0 saturated heterocycles. The Morgan fingerprint density at radius 3 is 2.71 bits per heavy atom. The molecule has 4 heteroatoms. The normalized spacial score (nSPS) is 10.9. The molecule has 4 nitrogen and oxygen atoms in total. The molecule has 0 amide bonds. The first-order valence-electron chi connectivity index (χ1n) is 5.54. The van der Waals surface area contributed by atoms with Crippen LogP contribution in [0.4, 0.5) is 0 Å². The van der Waals surface area contributed by atoms with E-state index in [1.54, 1.807) is 0 Å². The number of aliphatic hydroxyl groups excluding tert-OH is 1. The Hall–Kier alpha value is -1.81. The van der Waals surface area contributed by atoms with Crippen molar-refractivity contribution in [2.45, 2.75) is 26.5 Å². The van der Waals surface area contributed by atoms with Crippen LogP contribution in [0.5, 0.6) is 0 Å². The van der Waals surface area contributed by atoms with E-state index in [0.717, 1.165) is 22.2 Å². The average molecular weight is 233 g/mol. The van der Waals surface area contributed by atoms with Crippen LogP contribution in [0.3, 0.4) is 0 Å². The van der Waals surface area contributed by atoms with Crippen LogP contribution in [0.15, 0.2) is 24.3 Å². The summed E-state index contributed by atoms with van der Waals surface area (Å²) in [4.78, 5) is 10.6. The minimum absolute atomic E-state index is 0.0606. The SMILES string of the molecule is Cc1c(CO)n(CCC(=O)O)c2ccccc12. The largest absolute Gasteiger partial charge is 0.481 e. The molecule has 0 radical (unpaired) electrons. The lowest BCUT2D eigenvalue weighted by Crippen LogP contribution is -2.08. The Bertz CT molecular complexity index is 557. The minimum atomic E-state index is -0.829. The minimum Gasteiger partial charge on any atom is -0.481 e. The van der Waals surface area contributed by atoms with E-state index in [9.17, 15) is 9.90 Å². The van der Waals surface area contributed by atoms with Gasteiger partial charge in [0.2, 0.25) is 0 Å². The van der Waals surface area contributed by atoms with E-state index in [2.05, 4.69) is 0 Å². The van der Waals surface area contributed by atoms with Crippen molar-refractivity contribution in [2.24, 2.45) is 0 Å². The number of aryl methyl sites for hydroxylation is 2. The van der Waals surface area contributed by atoms with Gasteiger partial charge in [-0.2, -0.15) is 0 Å². The number of rotatable bonds is 4. The van der Waals surface area contributed by atoms with Gasteiger partial charge in [-0.1, -0.05) is 18.2 Å². The third-order valence-electron chi connectivity index (χ3n) is 3.06. The first-order chi connectivity index (χ1) is 8.15. The predicted octanol–water partition coefficient (Wildman–Crippen LogP) is 1.92. The van der Waals surface area contributed by atoms with Crippen LogP contribution < -0.4 is 0 Å². The van der Waals surface area contributed by atoms with Crippen LogP contribution in [-0.2, 0) is 17.9 Å². The van der Waals surface area contributed by atoms with Gasteiger partial charge in [0.05, 0.1) is 13.0 Å². The fourth-order valence-electron chi connectivity index (χ4n) is 2.20. The molecule has 2 rings (SSSR count). The molecule has 90 valence electrons. The lowest BCUT2D eigenvalue weighted by Gasteiger charge is -2.07. The van der Waals surface area contributed by atoms with E-state index in [4.69, 9.17) is 5.11 Å². The van der Waals surface area contributed by atoms with Gasteiger partial charge in [-0.25, -0.2) is 0 Å². The molecule has 0 atom stereocenters. The van der Waals surface area contributed by atoms with E-state index in [1.165, 1.54) is 0 Å². The van der Waals surface area contributed by atoms with Gasteiger partial charge < -0.3 is 14.8 Å². The summed E-state index contributed by atoms with van der Waals surface area (Å²) < 4.78 is 1.89. The molecule has 2 aromatic rings. The maximum absolute atomic E-state index is 10.6. The first-order valence-corrected chi connectivity index (χ1v) is 5.54. The highest BCUT2D eigenvalue weighted by atomic mass is 16.4. The molecular weight excluding hydrogens is 218 g/mol. The molecule has 0 aliphatic heterocycles. The van der Waals surface area contributed by atoms with Crippen LogP contribution in [-0.4, -0.2) is 20.7 Å². The number of benzene rings is 1. The van der Waals surface area contributed by atoms with Crippen molar-refractivity contribution in [1.82, 2.24) is 4.57 Å². The van der Waals surface area contributed by atoms with Crippen LogP contribution in [0.25, 0.3) is 10.9 Å². The second-order valence-corrected chi connectivity index (χ2v) is 4.04. The van der Waals surface area contributed by atoms with Gasteiger partial charge in [0, 0.05) is 23.1 Å². The lowest BCUT2D eigenvalue weighted by atomic mass is 10.1. The first kappa shape index (κ1) is 11.7. The van der Waals surface area contributed by atoms with E-state index in [0.29, 0.717) is 6.54 Å². The van der Waals surface area contributed by atoms with Gasteiger partial charge in [-0.3, -0.25) is 4.79 Å². The van der Waals surface area contributed by atoms with Crippen molar-refractivity contribution >= 4 is 16.9 Å². The third-order valence-corrected chi connectivity index (χ3v) is 3.06. The Labute approximate surface area is 99.1 Å². The molecule has 0 unspecified atom stereocenters. The molecule has 0 fully saturated rings. The van der Waals surface area contributed by atoms with Crippen molar-refractivity contribution in [1.29, 1.82) is 0 Å². The molecule has 1 heterocycles. The van der Waals surface area contributed by atoms with Crippen molar-refractivity contribution in [3.63, 3.8) is 0 Å². The number of fused-ring (bicyclic) bond motifs is 1.